The van der Waals surface area contributed by atoms with Crippen molar-refractivity contribution in [2.75, 3.05) is 16.0 Å². The lowest BCUT2D eigenvalue weighted by Crippen LogP contribution is -2.19. The van der Waals surface area contributed by atoms with Crippen molar-refractivity contribution in [2.24, 2.45) is 0 Å². The number of nitrogens with zero attached hydrogens (tertiary/aromatic N) is 1. The van der Waals surface area contributed by atoms with Gasteiger partial charge in [0.25, 0.3) is 5.91 Å². The van der Waals surface area contributed by atoms with Gasteiger partial charge in [0.15, 0.2) is 5.13 Å². The molecule has 0 saturated heterocycles. The highest BCUT2D eigenvalue weighted by Gasteiger charge is 2.17. The number of urea groups is 1. The van der Waals surface area contributed by atoms with Crippen LogP contribution in [0.4, 0.5) is 21.3 Å². The molecule has 0 aliphatic carbocycles. The summed E-state index contributed by atoms with van der Waals surface area (Å²) in [5.41, 5.74) is 4.30. The molecule has 3 rings (SSSR count). The van der Waals surface area contributed by atoms with Crippen molar-refractivity contribution in [3.05, 3.63) is 70.2 Å². The summed E-state index contributed by atoms with van der Waals surface area (Å²) in [4.78, 5) is 29.5. The fourth-order valence-electron chi connectivity index (χ4n) is 2.70. The van der Waals surface area contributed by atoms with Crippen LogP contribution < -0.4 is 16.0 Å². The first-order valence-electron chi connectivity index (χ1n) is 9.35. The molecule has 7 heteroatoms. The third-order valence-electron chi connectivity index (χ3n) is 4.37. The highest BCUT2D eigenvalue weighted by atomic mass is 32.1. The monoisotopic (exact) mass is 408 g/mol. The Morgan fingerprint density at radius 1 is 0.862 bits per heavy atom. The van der Waals surface area contributed by atoms with E-state index in [9.17, 15) is 9.59 Å². The zero-order valence-corrected chi connectivity index (χ0v) is 17.7. The van der Waals surface area contributed by atoms with E-state index < -0.39 is 6.03 Å². The Balaban J connectivity index is 1.63. The lowest BCUT2D eigenvalue weighted by Gasteiger charge is -2.08. The van der Waals surface area contributed by atoms with E-state index in [0.717, 1.165) is 22.6 Å². The number of thiazole rings is 1. The number of benzene rings is 2. The highest BCUT2D eigenvalue weighted by Crippen LogP contribution is 2.24. The minimum Gasteiger partial charge on any atom is -0.321 e. The molecular formula is C22H24N4O2S. The number of amides is 3. The predicted molar refractivity (Wildman–Crippen MR) is 119 cm³/mol. The van der Waals surface area contributed by atoms with Crippen LogP contribution in [0.15, 0.2) is 48.5 Å². The molecule has 150 valence electrons. The van der Waals surface area contributed by atoms with Crippen molar-refractivity contribution in [3.63, 3.8) is 0 Å². The van der Waals surface area contributed by atoms with Crippen LogP contribution in [0.25, 0.3) is 0 Å². The van der Waals surface area contributed by atoms with Gasteiger partial charge in [-0.25, -0.2) is 9.78 Å². The molecule has 3 amide bonds. The summed E-state index contributed by atoms with van der Waals surface area (Å²) in [6, 6.07) is 14.9. The van der Waals surface area contributed by atoms with Crippen molar-refractivity contribution >= 4 is 39.8 Å². The number of carbonyl (C=O) groups excluding carboxylic acids is 2. The first kappa shape index (κ1) is 20.5. The van der Waals surface area contributed by atoms with Crippen molar-refractivity contribution in [1.29, 1.82) is 0 Å². The van der Waals surface area contributed by atoms with Crippen molar-refractivity contribution in [1.82, 2.24) is 4.98 Å². The fraction of sp³-hybridized carbons (Fsp3) is 0.227. The maximum Gasteiger partial charge on any atom is 0.325 e. The van der Waals surface area contributed by atoms with Crippen LogP contribution in [0, 0.1) is 13.8 Å². The van der Waals surface area contributed by atoms with Crippen molar-refractivity contribution in [2.45, 2.75) is 33.6 Å². The lowest BCUT2D eigenvalue weighted by molar-refractivity contribution is 0.103. The van der Waals surface area contributed by atoms with Gasteiger partial charge in [-0.15, -0.1) is 0 Å². The SMILES string of the molecule is Cc1ccc(NC(=O)Nc2nc(C)c(C(=O)Nc3ccc(C(C)C)cc3)s2)cc1. The second kappa shape index (κ2) is 8.87. The lowest BCUT2D eigenvalue weighted by atomic mass is 10.0. The smallest absolute Gasteiger partial charge is 0.321 e. The number of nitrogens with one attached hydrogen (secondary N) is 3. The standard InChI is InChI=1S/C22H24N4O2S/c1-13(2)16-7-11-17(12-8-16)24-20(27)19-15(4)23-22(29-19)26-21(28)25-18-9-5-14(3)6-10-18/h5-13H,1-4H3,(H,24,27)(H2,23,25,26,28). The number of hydrogen-bond acceptors (Lipinski definition) is 4. The average Bonchev–Trinajstić information content (AvgIpc) is 3.04. The Labute approximate surface area is 174 Å². The number of aromatic nitrogens is 1. The predicted octanol–water partition coefficient (Wildman–Crippen LogP) is 5.78. The van der Waals surface area contributed by atoms with Crippen molar-refractivity contribution in [3.8, 4) is 0 Å². The molecule has 0 aliphatic heterocycles. The number of hydrogen-bond donors (Lipinski definition) is 3. The summed E-state index contributed by atoms with van der Waals surface area (Å²) >= 11 is 1.14. The van der Waals surface area contributed by atoms with Crippen LogP contribution >= 0.6 is 11.3 Å². The van der Waals surface area contributed by atoms with Gasteiger partial charge in [0.2, 0.25) is 0 Å². The molecule has 0 atom stereocenters. The van der Waals surface area contributed by atoms with Gasteiger partial charge in [0.05, 0.1) is 5.69 Å². The highest BCUT2D eigenvalue weighted by molar-refractivity contribution is 7.17. The molecule has 0 fully saturated rings. The molecule has 3 aromatic rings. The van der Waals surface area contributed by atoms with Crippen LogP contribution in [-0.4, -0.2) is 16.9 Å². The third-order valence-corrected chi connectivity index (χ3v) is 5.44. The average molecular weight is 409 g/mol. The first-order valence-corrected chi connectivity index (χ1v) is 10.2. The molecule has 0 unspecified atom stereocenters. The van der Waals surface area contributed by atoms with E-state index in [0.29, 0.717) is 27.3 Å². The van der Waals surface area contributed by atoms with E-state index in [1.165, 1.54) is 5.56 Å². The van der Waals surface area contributed by atoms with E-state index in [1.807, 2.05) is 55.5 Å². The zero-order valence-electron chi connectivity index (χ0n) is 16.9. The molecule has 0 saturated carbocycles. The minimum atomic E-state index is -0.404. The molecule has 3 N–H and O–H groups in total. The number of anilines is 3. The molecule has 1 aromatic heterocycles. The molecule has 2 aromatic carbocycles. The molecule has 6 nitrogen and oxygen atoms in total. The second-order valence-corrected chi connectivity index (χ2v) is 8.11. The maximum atomic E-state index is 12.6. The Morgan fingerprint density at radius 2 is 1.45 bits per heavy atom. The molecule has 0 bridgehead atoms. The Kier molecular flexibility index (Phi) is 6.29. The van der Waals surface area contributed by atoms with E-state index in [-0.39, 0.29) is 5.91 Å². The van der Waals surface area contributed by atoms with Gasteiger partial charge in [-0.2, -0.15) is 0 Å². The zero-order chi connectivity index (χ0) is 21.0. The molecule has 0 radical (unpaired) electrons. The largest absolute Gasteiger partial charge is 0.325 e. The van der Waals surface area contributed by atoms with E-state index in [2.05, 4.69) is 34.8 Å². The second-order valence-electron chi connectivity index (χ2n) is 7.11. The maximum absolute atomic E-state index is 12.6. The molecule has 29 heavy (non-hydrogen) atoms. The van der Waals surface area contributed by atoms with Gasteiger partial charge in [-0.05, 0) is 49.6 Å². The topological polar surface area (TPSA) is 83.1 Å². The van der Waals surface area contributed by atoms with E-state index >= 15 is 0 Å². The van der Waals surface area contributed by atoms with E-state index in [1.54, 1.807) is 6.92 Å². The quantitative estimate of drug-likeness (QED) is 0.500. The van der Waals surface area contributed by atoms with Crippen LogP contribution in [0.3, 0.4) is 0 Å². The number of carbonyl (C=O) groups is 2. The summed E-state index contributed by atoms with van der Waals surface area (Å²) in [5.74, 6) is 0.187. The normalized spacial score (nSPS) is 10.7. The molecule has 0 aliphatic rings. The summed E-state index contributed by atoms with van der Waals surface area (Å²) in [6.45, 7) is 7.97. The van der Waals surface area contributed by atoms with Crippen LogP contribution in [0.1, 0.15) is 46.3 Å². The van der Waals surface area contributed by atoms with Crippen molar-refractivity contribution < 1.29 is 9.59 Å². The number of rotatable bonds is 5. The van der Waals surface area contributed by atoms with E-state index in [4.69, 9.17) is 0 Å². The Morgan fingerprint density at radius 3 is 2.07 bits per heavy atom. The van der Waals surface area contributed by atoms with Gasteiger partial charge in [0, 0.05) is 11.4 Å². The van der Waals surface area contributed by atoms with Gasteiger partial charge in [-0.1, -0.05) is 55.0 Å². The Bertz CT molecular complexity index is 1010. The first-order chi connectivity index (χ1) is 13.8. The van der Waals surface area contributed by atoms with Crippen LogP contribution in [0.2, 0.25) is 0 Å². The fourth-order valence-corrected chi connectivity index (χ4v) is 3.55. The summed E-state index contributed by atoms with van der Waals surface area (Å²) in [7, 11) is 0. The third kappa shape index (κ3) is 5.42. The molecule has 0 spiro atoms. The van der Waals surface area contributed by atoms with Gasteiger partial charge >= 0.3 is 6.03 Å². The Hall–Kier alpha value is -3.19. The molecule has 1 heterocycles. The molecular weight excluding hydrogens is 384 g/mol. The number of aryl methyl sites for hydroxylation is 2. The van der Waals surface area contributed by atoms with Gasteiger partial charge in [-0.3, -0.25) is 10.1 Å². The van der Waals surface area contributed by atoms with Crippen LogP contribution in [-0.2, 0) is 0 Å². The van der Waals surface area contributed by atoms with Crippen LogP contribution in [0.5, 0.6) is 0 Å². The van der Waals surface area contributed by atoms with Gasteiger partial charge in [0.1, 0.15) is 4.88 Å². The summed E-state index contributed by atoms with van der Waals surface area (Å²) < 4.78 is 0. The van der Waals surface area contributed by atoms with Gasteiger partial charge < -0.3 is 10.6 Å². The minimum absolute atomic E-state index is 0.246. The summed E-state index contributed by atoms with van der Waals surface area (Å²) in [6.07, 6.45) is 0. The summed E-state index contributed by atoms with van der Waals surface area (Å²) in [5, 5.41) is 8.68.